The van der Waals surface area contributed by atoms with Crippen LogP contribution in [0.3, 0.4) is 0 Å². The van der Waals surface area contributed by atoms with Gasteiger partial charge in [-0.15, -0.1) is 0 Å². The molecule has 1 heterocycles. The van der Waals surface area contributed by atoms with Crippen molar-refractivity contribution < 1.29 is 29.0 Å². The molecule has 0 aliphatic carbocycles. The molecular formula is C27H23NO6. The van der Waals surface area contributed by atoms with Crippen LogP contribution in [0.2, 0.25) is 0 Å². The maximum absolute atomic E-state index is 13.2. The van der Waals surface area contributed by atoms with Gasteiger partial charge in [-0.1, -0.05) is 42.0 Å². The fourth-order valence-electron chi connectivity index (χ4n) is 3.94. The molecule has 3 aromatic rings. The van der Waals surface area contributed by atoms with Crippen LogP contribution >= 0.6 is 0 Å². The minimum Gasteiger partial charge on any atom is -0.507 e. The number of amides is 1. The highest BCUT2D eigenvalue weighted by molar-refractivity contribution is 6.51. The second kappa shape index (κ2) is 9.23. The maximum atomic E-state index is 13.2. The lowest BCUT2D eigenvalue weighted by Gasteiger charge is -2.26. The molecule has 34 heavy (non-hydrogen) atoms. The molecule has 1 aliphatic rings. The average Bonchev–Trinajstić information content (AvgIpc) is 3.09. The van der Waals surface area contributed by atoms with Gasteiger partial charge >= 0.3 is 5.97 Å². The molecule has 3 aromatic carbocycles. The summed E-state index contributed by atoms with van der Waals surface area (Å²) >= 11 is 0. The Morgan fingerprint density at radius 2 is 1.62 bits per heavy atom. The number of hydrogen-bond donors (Lipinski definition) is 1. The fraction of sp³-hybridized carbons (Fsp3) is 0.148. The van der Waals surface area contributed by atoms with E-state index in [4.69, 9.17) is 9.47 Å². The van der Waals surface area contributed by atoms with Crippen LogP contribution in [-0.4, -0.2) is 29.9 Å². The molecule has 1 unspecified atom stereocenters. The quantitative estimate of drug-likeness (QED) is 0.199. The van der Waals surface area contributed by atoms with Crippen molar-refractivity contribution in [3.63, 3.8) is 0 Å². The monoisotopic (exact) mass is 457 g/mol. The predicted molar refractivity (Wildman–Crippen MR) is 127 cm³/mol. The van der Waals surface area contributed by atoms with Gasteiger partial charge in [0, 0.05) is 18.2 Å². The first kappa shape index (κ1) is 22.8. The van der Waals surface area contributed by atoms with Crippen LogP contribution in [0.25, 0.3) is 5.76 Å². The second-order valence-corrected chi connectivity index (χ2v) is 7.90. The molecule has 1 atom stereocenters. The smallest absolute Gasteiger partial charge is 0.308 e. The van der Waals surface area contributed by atoms with E-state index in [0.717, 1.165) is 5.56 Å². The van der Waals surface area contributed by atoms with E-state index in [-0.39, 0.29) is 17.1 Å². The van der Waals surface area contributed by atoms with Gasteiger partial charge in [0.1, 0.15) is 17.3 Å². The highest BCUT2D eigenvalue weighted by atomic mass is 16.5. The minimum atomic E-state index is -0.940. The summed E-state index contributed by atoms with van der Waals surface area (Å²) in [5, 5.41) is 11.2. The summed E-state index contributed by atoms with van der Waals surface area (Å²) in [6.45, 7) is 3.19. The van der Waals surface area contributed by atoms with Gasteiger partial charge in [0.05, 0.1) is 18.7 Å². The minimum absolute atomic E-state index is 0.0513. The number of carbonyl (C=O) groups is 3. The van der Waals surface area contributed by atoms with E-state index in [0.29, 0.717) is 22.6 Å². The van der Waals surface area contributed by atoms with Crippen LogP contribution in [0.15, 0.2) is 78.4 Å². The zero-order valence-corrected chi connectivity index (χ0v) is 18.9. The van der Waals surface area contributed by atoms with E-state index in [9.17, 15) is 19.5 Å². The highest BCUT2D eigenvalue weighted by Crippen LogP contribution is 2.43. The Bertz CT molecular complexity index is 1290. The van der Waals surface area contributed by atoms with E-state index in [1.54, 1.807) is 60.7 Å². The maximum Gasteiger partial charge on any atom is 0.308 e. The Labute approximate surface area is 196 Å². The van der Waals surface area contributed by atoms with Crippen molar-refractivity contribution in [3.8, 4) is 11.5 Å². The SMILES string of the molecule is COc1ccc(N2C(=O)C(=O)/C(=C(\O)c3ccc(C)cc3)C2c2cccc(OC(C)=O)c2)cc1. The van der Waals surface area contributed by atoms with Crippen LogP contribution in [0.4, 0.5) is 5.69 Å². The van der Waals surface area contributed by atoms with Crippen LogP contribution in [0, 0.1) is 6.92 Å². The van der Waals surface area contributed by atoms with E-state index in [2.05, 4.69) is 0 Å². The van der Waals surface area contributed by atoms with Crippen LogP contribution in [0.5, 0.6) is 11.5 Å². The van der Waals surface area contributed by atoms with Crippen molar-refractivity contribution in [1.82, 2.24) is 0 Å². The number of ether oxygens (including phenoxy) is 2. The van der Waals surface area contributed by atoms with Gasteiger partial charge < -0.3 is 14.6 Å². The molecule has 0 spiro atoms. The summed E-state index contributed by atoms with van der Waals surface area (Å²) in [4.78, 5) is 39.2. The predicted octanol–water partition coefficient (Wildman–Crippen LogP) is 4.56. The van der Waals surface area contributed by atoms with E-state index >= 15 is 0 Å². The van der Waals surface area contributed by atoms with Gasteiger partial charge in [-0.05, 0) is 48.9 Å². The molecule has 1 amide bonds. The molecule has 1 aliphatic heterocycles. The van der Waals surface area contributed by atoms with E-state index < -0.39 is 23.7 Å². The lowest BCUT2D eigenvalue weighted by molar-refractivity contribution is -0.132. The van der Waals surface area contributed by atoms with E-state index in [1.807, 2.05) is 19.1 Å². The summed E-state index contributed by atoms with van der Waals surface area (Å²) in [6, 6.07) is 19.3. The molecule has 1 saturated heterocycles. The summed E-state index contributed by atoms with van der Waals surface area (Å²) in [5.74, 6) is -1.51. The molecule has 7 nitrogen and oxygen atoms in total. The third kappa shape index (κ3) is 4.28. The van der Waals surface area contributed by atoms with Gasteiger partial charge in [-0.25, -0.2) is 0 Å². The van der Waals surface area contributed by atoms with Gasteiger partial charge in [0.2, 0.25) is 0 Å². The number of aliphatic hydroxyl groups excluding tert-OH is 1. The third-order valence-corrected chi connectivity index (χ3v) is 5.56. The largest absolute Gasteiger partial charge is 0.507 e. The molecule has 172 valence electrons. The second-order valence-electron chi connectivity index (χ2n) is 7.90. The number of anilines is 1. The zero-order chi connectivity index (χ0) is 24.4. The molecular weight excluding hydrogens is 434 g/mol. The van der Waals surface area contributed by atoms with Gasteiger partial charge in [-0.2, -0.15) is 0 Å². The number of benzene rings is 3. The molecule has 1 fully saturated rings. The summed E-state index contributed by atoms with van der Waals surface area (Å²) < 4.78 is 10.4. The Kier molecular flexibility index (Phi) is 6.19. The van der Waals surface area contributed by atoms with Gasteiger partial charge in [0.15, 0.2) is 0 Å². The van der Waals surface area contributed by atoms with Crippen molar-refractivity contribution in [2.24, 2.45) is 0 Å². The van der Waals surface area contributed by atoms with Gasteiger partial charge in [0.25, 0.3) is 11.7 Å². The lowest BCUT2D eigenvalue weighted by Crippen LogP contribution is -2.29. The lowest BCUT2D eigenvalue weighted by atomic mass is 9.94. The van der Waals surface area contributed by atoms with Crippen molar-refractivity contribution in [3.05, 3.63) is 95.1 Å². The number of aryl methyl sites for hydroxylation is 1. The summed E-state index contributed by atoms with van der Waals surface area (Å²) in [5.41, 5.74) is 2.31. The Morgan fingerprint density at radius 1 is 0.941 bits per heavy atom. The number of rotatable bonds is 5. The molecule has 0 radical (unpaired) electrons. The molecule has 7 heteroatoms. The van der Waals surface area contributed by atoms with Crippen LogP contribution < -0.4 is 14.4 Å². The Morgan fingerprint density at radius 3 is 2.24 bits per heavy atom. The number of methoxy groups -OCH3 is 1. The summed E-state index contributed by atoms with van der Waals surface area (Å²) in [6.07, 6.45) is 0. The zero-order valence-electron chi connectivity index (χ0n) is 18.9. The topological polar surface area (TPSA) is 93.1 Å². The molecule has 1 N–H and O–H groups in total. The number of nitrogens with zero attached hydrogens (tertiary/aromatic N) is 1. The number of ketones is 1. The first-order valence-corrected chi connectivity index (χ1v) is 10.6. The van der Waals surface area contributed by atoms with Crippen molar-refractivity contribution in [2.45, 2.75) is 19.9 Å². The van der Waals surface area contributed by atoms with Gasteiger partial charge in [-0.3, -0.25) is 19.3 Å². The number of carbonyl (C=O) groups excluding carboxylic acids is 3. The number of Topliss-reactive ketones (excluding diaryl/α,β-unsaturated/α-hetero) is 1. The normalized spacial score (nSPS) is 17.0. The fourth-order valence-corrected chi connectivity index (χ4v) is 3.94. The molecule has 0 saturated carbocycles. The van der Waals surface area contributed by atoms with E-state index in [1.165, 1.54) is 18.9 Å². The molecule has 0 aromatic heterocycles. The van der Waals surface area contributed by atoms with Crippen molar-refractivity contribution >= 4 is 29.1 Å². The summed E-state index contributed by atoms with van der Waals surface area (Å²) in [7, 11) is 1.53. The Hall–Kier alpha value is -4.39. The van der Waals surface area contributed by atoms with Crippen LogP contribution in [-0.2, 0) is 14.4 Å². The third-order valence-electron chi connectivity index (χ3n) is 5.56. The number of aliphatic hydroxyl groups is 1. The first-order valence-electron chi connectivity index (χ1n) is 10.6. The van der Waals surface area contributed by atoms with Crippen molar-refractivity contribution in [2.75, 3.05) is 12.0 Å². The Balaban J connectivity index is 1.92. The number of esters is 1. The first-order chi connectivity index (χ1) is 16.3. The van der Waals surface area contributed by atoms with Crippen molar-refractivity contribution in [1.29, 1.82) is 0 Å². The average molecular weight is 457 g/mol. The highest BCUT2D eigenvalue weighted by Gasteiger charge is 2.47. The molecule has 4 rings (SSSR count). The standard InChI is InChI=1S/C27H23NO6/c1-16-7-9-18(10-8-16)25(30)23-24(19-5-4-6-22(15-19)34-17(2)29)28(27(32)26(23)31)20-11-13-21(33-3)14-12-20/h4-15,24,30H,1-3H3/b25-23-. The van der Waals surface area contributed by atoms with Crippen LogP contribution in [0.1, 0.15) is 29.7 Å². The molecule has 0 bridgehead atoms. The number of hydrogen-bond acceptors (Lipinski definition) is 6.